The molecule has 2 N–H and O–H groups in total. The molecule has 2 aromatic rings. The number of fused-ring (bicyclic) bond motifs is 1. The predicted molar refractivity (Wildman–Crippen MR) is 79.8 cm³/mol. The van der Waals surface area contributed by atoms with Gasteiger partial charge in [-0.2, -0.15) is 0 Å². The molecule has 1 unspecified atom stereocenters. The number of thioether (sulfide) groups is 1. The lowest BCUT2D eigenvalue weighted by molar-refractivity contribution is -0.133. The SMILES string of the molecule is O=C(O)CSc1nnc(NC(=O)C2Cc3ccccc32)s1. The van der Waals surface area contributed by atoms with Gasteiger partial charge in [-0.05, 0) is 17.5 Å². The van der Waals surface area contributed by atoms with Crippen LogP contribution < -0.4 is 5.32 Å². The van der Waals surface area contributed by atoms with Crippen LogP contribution in [0.5, 0.6) is 0 Å². The Morgan fingerprint density at radius 3 is 2.95 bits per heavy atom. The van der Waals surface area contributed by atoms with Crippen molar-refractivity contribution in [2.75, 3.05) is 11.1 Å². The highest BCUT2D eigenvalue weighted by Gasteiger charge is 2.32. The van der Waals surface area contributed by atoms with Crippen molar-refractivity contribution >= 4 is 40.1 Å². The van der Waals surface area contributed by atoms with E-state index in [1.807, 2.05) is 24.3 Å². The number of carboxylic acid groups (broad SMARTS) is 1. The van der Waals surface area contributed by atoms with Crippen LogP contribution in [0.3, 0.4) is 0 Å². The lowest BCUT2D eigenvalue weighted by Gasteiger charge is -2.28. The van der Waals surface area contributed by atoms with Crippen molar-refractivity contribution in [1.29, 1.82) is 0 Å². The van der Waals surface area contributed by atoms with Crippen LogP contribution in [-0.4, -0.2) is 32.9 Å². The van der Waals surface area contributed by atoms with Crippen molar-refractivity contribution in [2.24, 2.45) is 0 Å². The molecule has 21 heavy (non-hydrogen) atoms. The third-order valence-electron chi connectivity index (χ3n) is 3.13. The van der Waals surface area contributed by atoms with Gasteiger partial charge < -0.3 is 5.11 Å². The minimum absolute atomic E-state index is 0.0709. The van der Waals surface area contributed by atoms with Crippen molar-refractivity contribution in [3.63, 3.8) is 0 Å². The van der Waals surface area contributed by atoms with E-state index in [4.69, 9.17) is 5.11 Å². The van der Waals surface area contributed by atoms with E-state index in [0.717, 1.165) is 23.7 Å². The number of carbonyl (C=O) groups excluding carboxylic acids is 1. The maximum absolute atomic E-state index is 12.2. The van der Waals surface area contributed by atoms with Gasteiger partial charge >= 0.3 is 5.97 Å². The number of rotatable bonds is 5. The Hall–Kier alpha value is -1.93. The Morgan fingerprint density at radius 2 is 2.19 bits per heavy atom. The molecule has 108 valence electrons. The largest absolute Gasteiger partial charge is 0.481 e. The first-order chi connectivity index (χ1) is 10.1. The minimum atomic E-state index is -0.910. The molecule has 1 aromatic carbocycles. The van der Waals surface area contributed by atoms with E-state index in [1.165, 1.54) is 16.9 Å². The molecule has 1 aliphatic carbocycles. The number of aromatic nitrogens is 2. The van der Waals surface area contributed by atoms with Crippen LogP contribution in [0.4, 0.5) is 5.13 Å². The number of benzene rings is 1. The van der Waals surface area contributed by atoms with E-state index in [0.29, 0.717) is 9.47 Å². The highest BCUT2D eigenvalue weighted by molar-refractivity contribution is 8.01. The molecular formula is C13H11N3O3S2. The average Bonchev–Trinajstić information content (AvgIpc) is 2.85. The molecule has 0 fully saturated rings. The summed E-state index contributed by atoms with van der Waals surface area (Å²) < 4.78 is 0.529. The third kappa shape index (κ3) is 3.06. The van der Waals surface area contributed by atoms with E-state index in [2.05, 4.69) is 15.5 Å². The number of nitrogens with zero attached hydrogens (tertiary/aromatic N) is 2. The van der Waals surface area contributed by atoms with Crippen molar-refractivity contribution in [2.45, 2.75) is 16.7 Å². The molecular weight excluding hydrogens is 310 g/mol. The van der Waals surface area contributed by atoms with Crippen LogP contribution in [-0.2, 0) is 16.0 Å². The first-order valence-corrected chi connectivity index (χ1v) is 8.00. The lowest BCUT2D eigenvalue weighted by atomic mass is 9.77. The maximum atomic E-state index is 12.2. The zero-order chi connectivity index (χ0) is 14.8. The molecule has 3 rings (SSSR count). The lowest BCUT2D eigenvalue weighted by Crippen LogP contribution is -2.30. The molecule has 1 atom stereocenters. The first kappa shape index (κ1) is 14.0. The van der Waals surface area contributed by atoms with Crippen LogP contribution >= 0.6 is 23.1 Å². The zero-order valence-corrected chi connectivity index (χ0v) is 12.4. The fourth-order valence-corrected chi connectivity index (χ4v) is 3.60. The van der Waals surface area contributed by atoms with Crippen molar-refractivity contribution in [1.82, 2.24) is 10.2 Å². The highest BCUT2D eigenvalue weighted by Crippen LogP contribution is 2.36. The first-order valence-electron chi connectivity index (χ1n) is 6.20. The maximum Gasteiger partial charge on any atom is 0.313 e. The molecule has 8 heteroatoms. The quantitative estimate of drug-likeness (QED) is 0.646. The summed E-state index contributed by atoms with van der Waals surface area (Å²) in [6.45, 7) is 0. The smallest absolute Gasteiger partial charge is 0.313 e. The summed E-state index contributed by atoms with van der Waals surface area (Å²) in [5.41, 5.74) is 2.26. The second kappa shape index (κ2) is 5.82. The topological polar surface area (TPSA) is 92.2 Å². The van der Waals surface area contributed by atoms with E-state index in [-0.39, 0.29) is 17.6 Å². The molecule has 1 amide bonds. The Kier molecular flexibility index (Phi) is 3.89. The molecule has 0 aliphatic heterocycles. The van der Waals surface area contributed by atoms with Crippen LogP contribution in [0.1, 0.15) is 17.0 Å². The third-order valence-corrected chi connectivity index (χ3v) is 5.08. The second-order valence-corrected chi connectivity index (χ2v) is 6.70. The predicted octanol–water partition coefficient (Wildman–Crippen LogP) is 1.99. The average molecular weight is 321 g/mol. The van der Waals surface area contributed by atoms with Gasteiger partial charge in [-0.1, -0.05) is 47.4 Å². The van der Waals surface area contributed by atoms with Crippen LogP contribution in [0.15, 0.2) is 28.6 Å². The van der Waals surface area contributed by atoms with Crippen molar-refractivity contribution < 1.29 is 14.7 Å². The summed E-state index contributed by atoms with van der Waals surface area (Å²) in [5, 5.41) is 19.4. The number of hydrogen-bond donors (Lipinski definition) is 2. The molecule has 0 saturated heterocycles. The standard InChI is InChI=1S/C13H11N3O3S2/c17-10(18)6-20-13-16-15-12(21-13)14-11(19)9-5-7-3-1-2-4-8(7)9/h1-4,9H,5-6H2,(H,17,18)(H,14,15,19). The number of carboxylic acids is 1. The summed E-state index contributed by atoms with van der Waals surface area (Å²) in [6.07, 6.45) is 0.738. The normalized spacial score (nSPS) is 15.9. The molecule has 0 saturated carbocycles. The minimum Gasteiger partial charge on any atom is -0.481 e. The van der Waals surface area contributed by atoms with E-state index in [9.17, 15) is 9.59 Å². The molecule has 1 aromatic heterocycles. The van der Waals surface area contributed by atoms with Gasteiger partial charge in [0.25, 0.3) is 0 Å². The zero-order valence-electron chi connectivity index (χ0n) is 10.8. The summed E-state index contributed by atoms with van der Waals surface area (Å²) in [6, 6.07) is 7.86. The van der Waals surface area contributed by atoms with Gasteiger partial charge in [0.05, 0.1) is 11.7 Å². The van der Waals surface area contributed by atoms with E-state index >= 15 is 0 Å². The number of amides is 1. The van der Waals surface area contributed by atoms with E-state index < -0.39 is 5.97 Å². The fraction of sp³-hybridized carbons (Fsp3) is 0.231. The summed E-state index contributed by atoms with van der Waals surface area (Å²) >= 11 is 2.27. The summed E-state index contributed by atoms with van der Waals surface area (Å²) in [5.74, 6) is -1.22. The van der Waals surface area contributed by atoms with Crippen LogP contribution in [0.25, 0.3) is 0 Å². The Balaban J connectivity index is 1.60. The van der Waals surface area contributed by atoms with Crippen LogP contribution in [0.2, 0.25) is 0 Å². The molecule has 0 radical (unpaired) electrons. The highest BCUT2D eigenvalue weighted by atomic mass is 32.2. The monoisotopic (exact) mass is 321 g/mol. The molecule has 0 bridgehead atoms. The summed E-state index contributed by atoms with van der Waals surface area (Å²) in [4.78, 5) is 22.6. The fourth-order valence-electron chi connectivity index (χ4n) is 2.13. The Labute approximate surface area is 128 Å². The Bertz CT molecular complexity index is 701. The van der Waals surface area contributed by atoms with Gasteiger partial charge in [-0.15, -0.1) is 10.2 Å². The molecule has 1 aliphatic rings. The van der Waals surface area contributed by atoms with E-state index in [1.54, 1.807) is 0 Å². The van der Waals surface area contributed by atoms with Gasteiger partial charge in [-0.3, -0.25) is 14.9 Å². The van der Waals surface area contributed by atoms with Gasteiger partial charge in [-0.25, -0.2) is 0 Å². The number of aliphatic carboxylic acids is 1. The van der Waals surface area contributed by atoms with Gasteiger partial charge in [0.15, 0.2) is 4.34 Å². The number of anilines is 1. The van der Waals surface area contributed by atoms with Gasteiger partial charge in [0, 0.05) is 0 Å². The van der Waals surface area contributed by atoms with Crippen molar-refractivity contribution in [3.8, 4) is 0 Å². The van der Waals surface area contributed by atoms with Gasteiger partial charge in [0.1, 0.15) is 0 Å². The van der Waals surface area contributed by atoms with Gasteiger partial charge in [0.2, 0.25) is 11.0 Å². The Morgan fingerprint density at radius 1 is 1.38 bits per heavy atom. The molecule has 0 spiro atoms. The number of nitrogens with one attached hydrogen (secondary N) is 1. The second-order valence-electron chi connectivity index (χ2n) is 4.50. The summed E-state index contributed by atoms with van der Waals surface area (Å²) in [7, 11) is 0. The van der Waals surface area contributed by atoms with Crippen molar-refractivity contribution in [3.05, 3.63) is 35.4 Å². The van der Waals surface area contributed by atoms with Crippen LogP contribution in [0, 0.1) is 0 Å². The molecule has 6 nitrogen and oxygen atoms in total. The molecule has 1 heterocycles. The number of carbonyl (C=O) groups is 2. The number of hydrogen-bond acceptors (Lipinski definition) is 6.